The zero-order valence-corrected chi connectivity index (χ0v) is 13.3. The van der Waals surface area contributed by atoms with E-state index in [1.807, 2.05) is 0 Å². The number of carboxylic acid groups (broad SMARTS) is 1. The highest BCUT2D eigenvalue weighted by Gasteiger charge is 2.28. The molecule has 0 atom stereocenters. The van der Waals surface area contributed by atoms with Crippen molar-refractivity contribution in [3.8, 4) is 5.69 Å². The van der Waals surface area contributed by atoms with E-state index in [4.69, 9.17) is 5.11 Å². The van der Waals surface area contributed by atoms with Gasteiger partial charge in [0.15, 0.2) is 5.69 Å². The van der Waals surface area contributed by atoms with Crippen LogP contribution < -0.4 is 0 Å². The summed E-state index contributed by atoms with van der Waals surface area (Å²) in [6.45, 7) is 2.61. The highest BCUT2D eigenvalue weighted by Crippen LogP contribution is 2.20. The van der Waals surface area contributed by atoms with Gasteiger partial charge in [-0.15, -0.1) is 0 Å². The molecule has 24 heavy (non-hydrogen) atoms. The Hall–Kier alpha value is -2.70. The first-order valence-electron chi connectivity index (χ1n) is 7.80. The number of carboxylic acids is 1. The molecule has 0 spiro atoms. The molecule has 7 heteroatoms. The van der Waals surface area contributed by atoms with Gasteiger partial charge in [0.25, 0.3) is 5.91 Å². The van der Waals surface area contributed by atoms with Crippen LogP contribution in [0.2, 0.25) is 0 Å². The minimum Gasteiger partial charge on any atom is -0.481 e. The Morgan fingerprint density at radius 3 is 2.58 bits per heavy atom. The molecule has 0 aliphatic carbocycles. The number of benzene rings is 1. The fourth-order valence-corrected chi connectivity index (χ4v) is 2.94. The van der Waals surface area contributed by atoms with Crippen molar-refractivity contribution >= 4 is 11.9 Å². The molecule has 1 aromatic carbocycles. The molecule has 0 radical (unpaired) electrons. The van der Waals surface area contributed by atoms with Crippen molar-refractivity contribution < 1.29 is 19.1 Å². The Morgan fingerprint density at radius 2 is 1.96 bits per heavy atom. The number of amides is 1. The number of aliphatic carboxylic acids is 1. The van der Waals surface area contributed by atoms with Crippen LogP contribution in [0.15, 0.2) is 30.5 Å². The minimum absolute atomic E-state index is 0.211. The molecule has 126 valence electrons. The van der Waals surface area contributed by atoms with Gasteiger partial charge in [-0.2, -0.15) is 5.10 Å². The van der Waals surface area contributed by atoms with Gasteiger partial charge < -0.3 is 10.0 Å². The molecule has 6 nitrogen and oxygen atoms in total. The van der Waals surface area contributed by atoms with Gasteiger partial charge in [-0.05, 0) is 49.6 Å². The largest absolute Gasteiger partial charge is 0.481 e. The number of rotatable bonds is 3. The molecule has 1 saturated heterocycles. The molecule has 3 rings (SSSR count). The summed E-state index contributed by atoms with van der Waals surface area (Å²) >= 11 is 0. The number of hydrogen-bond acceptors (Lipinski definition) is 3. The summed E-state index contributed by atoms with van der Waals surface area (Å²) in [5, 5.41) is 13.3. The topological polar surface area (TPSA) is 75.4 Å². The fourth-order valence-electron chi connectivity index (χ4n) is 2.94. The van der Waals surface area contributed by atoms with Crippen molar-refractivity contribution in [3.63, 3.8) is 0 Å². The monoisotopic (exact) mass is 331 g/mol. The van der Waals surface area contributed by atoms with Crippen molar-refractivity contribution in [1.29, 1.82) is 0 Å². The van der Waals surface area contributed by atoms with E-state index in [9.17, 15) is 14.0 Å². The third-order valence-corrected chi connectivity index (χ3v) is 4.35. The average molecular weight is 331 g/mol. The number of aryl methyl sites for hydroxylation is 1. The summed E-state index contributed by atoms with van der Waals surface area (Å²) in [5.74, 6) is -1.72. The first-order valence-corrected chi connectivity index (χ1v) is 7.80. The van der Waals surface area contributed by atoms with E-state index in [2.05, 4.69) is 5.10 Å². The summed E-state index contributed by atoms with van der Waals surface area (Å²) in [6, 6.07) is 6.00. The summed E-state index contributed by atoms with van der Waals surface area (Å²) in [7, 11) is 0. The van der Waals surface area contributed by atoms with E-state index in [1.165, 1.54) is 12.1 Å². The molecule has 0 saturated carbocycles. The number of likely N-dealkylation sites (tertiary alicyclic amines) is 1. The Labute approximate surface area is 138 Å². The fraction of sp³-hybridized carbons (Fsp3) is 0.353. The second-order valence-corrected chi connectivity index (χ2v) is 5.98. The maximum Gasteiger partial charge on any atom is 0.306 e. The smallest absolute Gasteiger partial charge is 0.306 e. The number of carbonyl (C=O) groups excluding carboxylic acids is 1. The van der Waals surface area contributed by atoms with E-state index in [0.717, 1.165) is 5.56 Å². The average Bonchev–Trinajstić information content (AvgIpc) is 3.04. The van der Waals surface area contributed by atoms with E-state index in [0.29, 0.717) is 37.3 Å². The summed E-state index contributed by atoms with van der Waals surface area (Å²) < 4.78 is 14.7. The van der Waals surface area contributed by atoms with Crippen LogP contribution >= 0.6 is 0 Å². The molecule has 2 aromatic rings. The van der Waals surface area contributed by atoms with Gasteiger partial charge in [0, 0.05) is 19.3 Å². The van der Waals surface area contributed by atoms with Gasteiger partial charge in [0.05, 0.1) is 11.6 Å². The lowest BCUT2D eigenvalue weighted by Gasteiger charge is -2.29. The van der Waals surface area contributed by atoms with Gasteiger partial charge in [-0.25, -0.2) is 9.07 Å². The van der Waals surface area contributed by atoms with E-state index in [1.54, 1.807) is 34.8 Å². The Morgan fingerprint density at radius 1 is 1.25 bits per heavy atom. The number of hydrogen-bond donors (Lipinski definition) is 1. The zero-order chi connectivity index (χ0) is 17.3. The van der Waals surface area contributed by atoms with Crippen molar-refractivity contribution in [2.75, 3.05) is 13.1 Å². The highest BCUT2D eigenvalue weighted by atomic mass is 19.1. The molecule has 0 unspecified atom stereocenters. The van der Waals surface area contributed by atoms with Crippen LogP contribution in [0.5, 0.6) is 0 Å². The molecular weight excluding hydrogens is 313 g/mol. The first kappa shape index (κ1) is 16.2. The first-order chi connectivity index (χ1) is 11.5. The van der Waals surface area contributed by atoms with Crippen molar-refractivity contribution in [2.45, 2.75) is 19.8 Å². The lowest BCUT2D eigenvalue weighted by molar-refractivity contribution is -0.143. The molecular formula is C17H18FN3O3. The van der Waals surface area contributed by atoms with Crippen LogP contribution in [-0.4, -0.2) is 44.8 Å². The minimum atomic E-state index is -0.807. The maximum atomic E-state index is 13.2. The number of nitrogens with zero attached hydrogens (tertiary/aromatic N) is 3. The summed E-state index contributed by atoms with van der Waals surface area (Å²) in [6.07, 6.45) is 2.58. The lowest BCUT2D eigenvalue weighted by Crippen LogP contribution is -2.40. The third kappa shape index (κ3) is 3.15. The molecule has 1 aliphatic rings. The predicted octanol–water partition coefficient (Wildman–Crippen LogP) is 2.26. The Balaban J connectivity index is 1.74. The standard InChI is InChI=1S/C17H18FN3O3/c1-11-10-13(18)2-3-15(11)21-9-6-14(19-21)16(22)20-7-4-12(5-8-20)17(23)24/h2-3,6,9-10,12H,4-5,7-8H2,1H3,(H,23,24). The molecule has 0 bridgehead atoms. The van der Waals surface area contributed by atoms with Gasteiger partial charge in [0.1, 0.15) is 5.82 Å². The summed E-state index contributed by atoms with van der Waals surface area (Å²) in [4.78, 5) is 25.1. The molecule has 1 aliphatic heterocycles. The molecule has 1 aromatic heterocycles. The van der Waals surface area contributed by atoms with Gasteiger partial charge in [0.2, 0.25) is 0 Å². The van der Waals surface area contributed by atoms with Crippen LogP contribution in [0.3, 0.4) is 0 Å². The van der Waals surface area contributed by atoms with Crippen LogP contribution in [0, 0.1) is 18.7 Å². The van der Waals surface area contributed by atoms with Gasteiger partial charge >= 0.3 is 5.97 Å². The Bertz CT molecular complexity index is 779. The van der Waals surface area contributed by atoms with Crippen LogP contribution in [-0.2, 0) is 4.79 Å². The van der Waals surface area contributed by atoms with Gasteiger partial charge in [-0.3, -0.25) is 9.59 Å². The lowest BCUT2D eigenvalue weighted by atomic mass is 9.97. The SMILES string of the molecule is Cc1cc(F)ccc1-n1ccc(C(=O)N2CCC(C(=O)O)CC2)n1. The quantitative estimate of drug-likeness (QED) is 0.936. The Kier molecular flexibility index (Phi) is 4.33. The van der Waals surface area contributed by atoms with Crippen LogP contribution in [0.25, 0.3) is 5.69 Å². The van der Waals surface area contributed by atoms with E-state index >= 15 is 0 Å². The highest BCUT2D eigenvalue weighted by molar-refractivity contribution is 5.92. The molecule has 1 amide bonds. The second kappa shape index (κ2) is 6.43. The number of halogens is 1. The summed E-state index contributed by atoms with van der Waals surface area (Å²) in [5.41, 5.74) is 1.73. The number of carbonyl (C=O) groups is 2. The molecule has 1 N–H and O–H groups in total. The molecule has 2 heterocycles. The van der Waals surface area contributed by atoms with Crippen molar-refractivity contribution in [1.82, 2.24) is 14.7 Å². The second-order valence-electron chi connectivity index (χ2n) is 5.98. The van der Waals surface area contributed by atoms with E-state index in [-0.39, 0.29) is 17.6 Å². The van der Waals surface area contributed by atoms with Crippen molar-refractivity contribution in [2.24, 2.45) is 5.92 Å². The number of piperidine rings is 1. The number of aromatic nitrogens is 2. The zero-order valence-electron chi connectivity index (χ0n) is 13.3. The van der Waals surface area contributed by atoms with E-state index < -0.39 is 5.97 Å². The van der Waals surface area contributed by atoms with Crippen LogP contribution in [0.1, 0.15) is 28.9 Å². The maximum absolute atomic E-state index is 13.2. The van der Waals surface area contributed by atoms with Gasteiger partial charge in [-0.1, -0.05) is 0 Å². The molecule has 1 fully saturated rings. The predicted molar refractivity (Wildman–Crippen MR) is 84.5 cm³/mol. The van der Waals surface area contributed by atoms with Crippen LogP contribution in [0.4, 0.5) is 4.39 Å². The third-order valence-electron chi connectivity index (χ3n) is 4.35. The normalized spacial score (nSPS) is 15.5. The van der Waals surface area contributed by atoms with Crippen molar-refractivity contribution in [3.05, 3.63) is 47.5 Å².